The van der Waals surface area contributed by atoms with Crippen LogP contribution in [0.2, 0.25) is 0 Å². The van der Waals surface area contributed by atoms with Crippen LogP contribution in [0.1, 0.15) is 15.9 Å². The van der Waals surface area contributed by atoms with E-state index < -0.39 is 11.1 Å². The van der Waals surface area contributed by atoms with Gasteiger partial charge in [-0.2, -0.15) is 0 Å². The predicted molar refractivity (Wildman–Crippen MR) is 69.0 cm³/mol. The van der Waals surface area contributed by atoms with Crippen LogP contribution >= 0.6 is 21.6 Å². The van der Waals surface area contributed by atoms with E-state index in [1.54, 1.807) is 0 Å². The molecule has 0 saturated carbocycles. The molecule has 0 aromatic heterocycles. The van der Waals surface area contributed by atoms with Crippen LogP contribution in [0.25, 0.3) is 0 Å². The van der Waals surface area contributed by atoms with Gasteiger partial charge >= 0.3 is 5.97 Å². The summed E-state index contributed by atoms with van der Waals surface area (Å²) in [5, 5.41) is 27.6. The van der Waals surface area contributed by atoms with Crippen LogP contribution in [0.3, 0.4) is 0 Å². The van der Waals surface area contributed by atoms with Gasteiger partial charge in [0.05, 0.1) is 0 Å². The molecule has 105 valence electrons. The smallest absolute Gasteiger partial charge is 0.339 e. The fraction of sp³-hybridized carbons (Fsp3) is 0.300. The Bertz CT molecular complexity index is 541. The Morgan fingerprint density at radius 2 is 2.25 bits per heavy atom. The van der Waals surface area contributed by atoms with Crippen molar-refractivity contribution in [2.75, 3.05) is 6.61 Å². The summed E-state index contributed by atoms with van der Waals surface area (Å²) in [5.74, 6) is -1.49. The minimum Gasteiger partial charge on any atom is -0.507 e. The number of hydrogen-bond acceptors (Lipinski definition) is 7. The van der Waals surface area contributed by atoms with Gasteiger partial charge in [0.25, 0.3) is 5.09 Å². The van der Waals surface area contributed by atoms with Crippen LogP contribution in [0.5, 0.6) is 5.75 Å². The average Bonchev–Trinajstić information content (AvgIpc) is 2.35. The molecule has 1 aliphatic heterocycles. The van der Waals surface area contributed by atoms with E-state index in [1.165, 1.54) is 33.7 Å². The summed E-state index contributed by atoms with van der Waals surface area (Å²) in [6.07, 6.45) is 0.460. The number of benzene rings is 1. The molecule has 2 rings (SSSR count). The zero-order chi connectivity index (χ0) is 14.0. The predicted octanol–water partition coefficient (Wildman–Crippen LogP) is 1.96. The number of aromatic carboxylic acids is 1. The Morgan fingerprint density at radius 3 is 2.85 bits per heavy atom. The molecule has 1 radical (unpaired) electrons. The van der Waals surface area contributed by atoms with Crippen molar-refractivity contribution in [1.29, 1.82) is 0 Å². The molecule has 1 unspecified atom stereocenters. The number of carboxylic acids is 1. The van der Waals surface area contributed by atoms with Gasteiger partial charge in [0, 0.05) is 54.2 Å². The van der Waals surface area contributed by atoms with Gasteiger partial charge in [0.15, 0.2) is 0 Å². The molecule has 1 aliphatic rings. The van der Waals surface area contributed by atoms with Gasteiger partial charge < -0.3 is 15.1 Å². The maximum absolute atomic E-state index is 10.9. The van der Waals surface area contributed by atoms with Crippen molar-refractivity contribution in [3.63, 3.8) is 0 Å². The zero-order valence-electron chi connectivity index (χ0n) is 10.0. The SMILES string of the molecule is O=C(O)c1cc2c(cc1O)SSC(CO[N+](=O)[O-])C2.[Ac]. The number of rotatable bonds is 4. The fourth-order valence-electron chi connectivity index (χ4n) is 1.65. The molecule has 0 aliphatic carbocycles. The van der Waals surface area contributed by atoms with Crippen LogP contribution in [0.15, 0.2) is 17.0 Å². The molecular formula is C10H9AcNO6S2. The van der Waals surface area contributed by atoms with Crippen LogP contribution in [-0.2, 0) is 11.3 Å². The summed E-state index contributed by atoms with van der Waals surface area (Å²) in [6, 6.07) is 2.81. The van der Waals surface area contributed by atoms with E-state index >= 15 is 0 Å². The van der Waals surface area contributed by atoms with Gasteiger partial charge in [0.2, 0.25) is 0 Å². The van der Waals surface area contributed by atoms with Gasteiger partial charge in [0.1, 0.15) is 17.9 Å². The third kappa shape index (κ3) is 4.41. The summed E-state index contributed by atoms with van der Waals surface area (Å²) in [5.41, 5.74) is 0.580. The van der Waals surface area contributed by atoms with E-state index in [1.807, 2.05) is 0 Å². The Morgan fingerprint density at radius 1 is 1.55 bits per heavy atom. The van der Waals surface area contributed by atoms with E-state index in [9.17, 15) is 20.0 Å². The van der Waals surface area contributed by atoms with Crippen molar-refractivity contribution in [1.82, 2.24) is 0 Å². The molecule has 1 aromatic rings. The number of nitrogens with zero attached hydrogens (tertiary/aromatic N) is 1. The molecule has 2 N–H and O–H groups in total. The van der Waals surface area contributed by atoms with Gasteiger partial charge in [-0.15, -0.1) is 10.1 Å². The van der Waals surface area contributed by atoms with Gasteiger partial charge in [-0.1, -0.05) is 21.6 Å². The molecular weight excluding hydrogens is 521 g/mol. The summed E-state index contributed by atoms with van der Waals surface area (Å²) in [4.78, 5) is 26.1. The van der Waals surface area contributed by atoms with Crippen molar-refractivity contribution >= 4 is 27.6 Å². The topological polar surface area (TPSA) is 110 Å². The summed E-state index contributed by atoms with van der Waals surface area (Å²) < 4.78 is 0. The first-order valence-corrected chi connectivity index (χ1v) is 7.38. The second-order valence-corrected chi connectivity index (χ2v) is 6.35. The monoisotopic (exact) mass is 530 g/mol. The maximum Gasteiger partial charge on any atom is 0.339 e. The molecule has 1 heterocycles. The summed E-state index contributed by atoms with van der Waals surface area (Å²) >= 11 is 0. The molecule has 0 bridgehead atoms. The molecule has 1 aromatic carbocycles. The maximum atomic E-state index is 10.9. The van der Waals surface area contributed by atoms with E-state index in [4.69, 9.17) is 5.11 Å². The van der Waals surface area contributed by atoms with Crippen LogP contribution < -0.4 is 0 Å². The Hall–Kier alpha value is -0.168. The van der Waals surface area contributed by atoms with Crippen LogP contribution in [0.4, 0.5) is 0 Å². The minimum absolute atomic E-state index is 0. The number of phenols is 1. The number of aromatic hydroxyl groups is 1. The summed E-state index contributed by atoms with van der Waals surface area (Å²) in [6.45, 7) is -0.0482. The van der Waals surface area contributed by atoms with E-state index in [0.717, 1.165) is 10.5 Å². The molecule has 0 saturated heterocycles. The van der Waals surface area contributed by atoms with Crippen molar-refractivity contribution in [2.45, 2.75) is 16.6 Å². The van der Waals surface area contributed by atoms with Crippen molar-refractivity contribution in [3.8, 4) is 5.75 Å². The minimum atomic E-state index is -1.21. The molecule has 7 nitrogen and oxygen atoms in total. The third-order valence-corrected chi connectivity index (χ3v) is 5.37. The van der Waals surface area contributed by atoms with Crippen molar-refractivity contribution in [3.05, 3.63) is 33.4 Å². The zero-order valence-corrected chi connectivity index (χ0v) is 16.4. The van der Waals surface area contributed by atoms with Crippen LogP contribution in [-0.4, -0.2) is 33.1 Å². The molecule has 20 heavy (non-hydrogen) atoms. The second-order valence-electron chi connectivity index (χ2n) is 3.81. The van der Waals surface area contributed by atoms with Crippen LogP contribution in [0, 0.1) is 54.2 Å². The van der Waals surface area contributed by atoms with Crippen molar-refractivity contribution < 1.29 is 69.0 Å². The largest absolute Gasteiger partial charge is 0.507 e. The first-order chi connectivity index (χ1) is 8.97. The van der Waals surface area contributed by atoms with E-state index in [-0.39, 0.29) is 67.2 Å². The average molecular weight is 530 g/mol. The quantitative estimate of drug-likeness (QED) is 0.346. The normalized spacial score (nSPS) is 16.7. The fourth-order valence-corrected chi connectivity index (χ4v) is 4.22. The second kappa shape index (κ2) is 7.73. The number of carboxylic acid groups (broad SMARTS) is 1. The molecule has 10 heteroatoms. The Kier molecular flexibility index (Phi) is 6.91. The molecule has 0 amide bonds. The number of carbonyl (C=O) groups is 1. The molecule has 0 fully saturated rings. The Labute approximate surface area is 157 Å². The van der Waals surface area contributed by atoms with Gasteiger partial charge in [-0.25, -0.2) is 4.79 Å². The van der Waals surface area contributed by atoms with Gasteiger partial charge in [-0.3, -0.25) is 0 Å². The molecule has 1 atom stereocenters. The van der Waals surface area contributed by atoms with Crippen molar-refractivity contribution in [2.24, 2.45) is 0 Å². The standard InChI is InChI=1S/C10H9NO6S2.Ac/c12-8-3-9-5(2-7(8)10(13)14)1-6(18-19-9)4-17-11(15)16;/h2-3,6,12H,1,4H2,(H,13,14);. The van der Waals surface area contributed by atoms with E-state index in [0.29, 0.717) is 6.42 Å². The first kappa shape index (κ1) is 17.9. The van der Waals surface area contributed by atoms with E-state index in [2.05, 4.69) is 4.84 Å². The Balaban J connectivity index is 0.00000200. The first-order valence-electron chi connectivity index (χ1n) is 5.17. The molecule has 0 spiro atoms. The number of fused-ring (bicyclic) bond motifs is 1. The third-order valence-electron chi connectivity index (χ3n) is 2.50. The van der Waals surface area contributed by atoms with Gasteiger partial charge in [-0.05, 0) is 24.1 Å². The summed E-state index contributed by atoms with van der Waals surface area (Å²) in [7, 11) is 2.74. The number of hydrogen-bond donors (Lipinski definition) is 2.